The summed E-state index contributed by atoms with van der Waals surface area (Å²) in [4.78, 5) is 15.3. The molecule has 0 aliphatic heterocycles. The first-order chi connectivity index (χ1) is 9.06. The second-order valence-electron chi connectivity index (χ2n) is 4.36. The first kappa shape index (κ1) is 12.9. The van der Waals surface area contributed by atoms with E-state index in [1.54, 1.807) is 0 Å². The molecule has 0 aliphatic carbocycles. The Morgan fingerprint density at radius 2 is 2.16 bits per heavy atom. The van der Waals surface area contributed by atoms with E-state index in [0.29, 0.717) is 17.8 Å². The second-order valence-corrected chi connectivity index (χ2v) is 4.36. The number of hydrogen-bond acceptors (Lipinski definition) is 4. The third-order valence-electron chi connectivity index (χ3n) is 2.76. The number of amides is 1. The lowest BCUT2D eigenvalue weighted by molar-refractivity contribution is 0.100. The Kier molecular flexibility index (Phi) is 3.66. The molecule has 0 atom stereocenters. The maximum absolute atomic E-state index is 11.3. The van der Waals surface area contributed by atoms with Gasteiger partial charge in [0.2, 0.25) is 0 Å². The SMILES string of the molecule is Cc1cccc(CNc2cnc(N)cc2C(N)=O)c1. The molecule has 5 N–H and O–H groups in total. The Morgan fingerprint density at radius 1 is 1.37 bits per heavy atom. The number of hydrogen-bond donors (Lipinski definition) is 3. The van der Waals surface area contributed by atoms with E-state index in [1.165, 1.54) is 17.8 Å². The zero-order valence-corrected chi connectivity index (χ0v) is 10.7. The van der Waals surface area contributed by atoms with E-state index < -0.39 is 5.91 Å². The zero-order valence-electron chi connectivity index (χ0n) is 10.7. The number of rotatable bonds is 4. The average Bonchev–Trinajstić information content (AvgIpc) is 2.37. The highest BCUT2D eigenvalue weighted by Crippen LogP contribution is 2.17. The van der Waals surface area contributed by atoms with E-state index in [4.69, 9.17) is 11.5 Å². The van der Waals surface area contributed by atoms with Crippen LogP contribution in [-0.2, 0) is 6.54 Å². The molecule has 1 aromatic carbocycles. The molecule has 98 valence electrons. The van der Waals surface area contributed by atoms with Crippen LogP contribution in [0.25, 0.3) is 0 Å². The lowest BCUT2D eigenvalue weighted by Gasteiger charge is -2.10. The third-order valence-corrected chi connectivity index (χ3v) is 2.76. The van der Waals surface area contributed by atoms with Crippen LogP contribution in [0, 0.1) is 6.92 Å². The van der Waals surface area contributed by atoms with Gasteiger partial charge in [-0.15, -0.1) is 0 Å². The summed E-state index contributed by atoms with van der Waals surface area (Å²) in [5, 5.41) is 3.15. The number of pyridine rings is 1. The topological polar surface area (TPSA) is 94.0 Å². The number of nitrogens with zero attached hydrogens (tertiary/aromatic N) is 1. The van der Waals surface area contributed by atoms with Gasteiger partial charge in [0, 0.05) is 6.54 Å². The van der Waals surface area contributed by atoms with Crippen molar-refractivity contribution < 1.29 is 4.79 Å². The van der Waals surface area contributed by atoms with E-state index in [0.717, 1.165) is 5.56 Å². The highest BCUT2D eigenvalue weighted by molar-refractivity contribution is 5.98. The molecule has 1 aromatic heterocycles. The van der Waals surface area contributed by atoms with Crippen molar-refractivity contribution in [2.24, 2.45) is 5.73 Å². The number of primary amides is 1. The first-order valence-electron chi connectivity index (χ1n) is 5.91. The summed E-state index contributed by atoms with van der Waals surface area (Å²) in [5.41, 5.74) is 14.1. The van der Waals surface area contributed by atoms with Crippen molar-refractivity contribution in [3.8, 4) is 0 Å². The normalized spacial score (nSPS) is 10.2. The van der Waals surface area contributed by atoms with Gasteiger partial charge in [-0.3, -0.25) is 4.79 Å². The fraction of sp³-hybridized carbons (Fsp3) is 0.143. The number of aryl methyl sites for hydroxylation is 1. The Labute approximate surface area is 111 Å². The molecule has 19 heavy (non-hydrogen) atoms. The molecule has 0 saturated carbocycles. The molecule has 5 heteroatoms. The number of nitrogens with two attached hydrogens (primary N) is 2. The predicted octanol–water partition coefficient (Wildman–Crippen LogP) is 1.68. The van der Waals surface area contributed by atoms with Gasteiger partial charge < -0.3 is 16.8 Å². The molecular weight excluding hydrogens is 240 g/mol. The van der Waals surface area contributed by atoms with Crippen LogP contribution < -0.4 is 16.8 Å². The zero-order chi connectivity index (χ0) is 13.8. The molecule has 2 aromatic rings. The molecule has 5 nitrogen and oxygen atoms in total. The molecule has 0 bridgehead atoms. The van der Waals surface area contributed by atoms with Crippen molar-refractivity contribution in [1.29, 1.82) is 0 Å². The minimum absolute atomic E-state index is 0.273. The third kappa shape index (κ3) is 3.22. The minimum Gasteiger partial charge on any atom is -0.384 e. The van der Waals surface area contributed by atoms with Gasteiger partial charge in [-0.1, -0.05) is 29.8 Å². The molecule has 1 heterocycles. The average molecular weight is 256 g/mol. The quantitative estimate of drug-likeness (QED) is 0.775. The van der Waals surface area contributed by atoms with E-state index >= 15 is 0 Å². The minimum atomic E-state index is -0.527. The predicted molar refractivity (Wildman–Crippen MR) is 75.7 cm³/mol. The number of carbonyl (C=O) groups is 1. The summed E-state index contributed by atoms with van der Waals surface area (Å²) in [7, 11) is 0. The molecule has 0 aliphatic rings. The summed E-state index contributed by atoms with van der Waals surface area (Å²) in [6.45, 7) is 2.62. The van der Waals surface area contributed by atoms with Crippen molar-refractivity contribution >= 4 is 17.4 Å². The fourth-order valence-electron chi connectivity index (χ4n) is 1.84. The molecule has 0 saturated heterocycles. The Bertz CT molecular complexity index is 610. The van der Waals surface area contributed by atoms with Crippen LogP contribution in [0.15, 0.2) is 36.5 Å². The highest BCUT2D eigenvalue weighted by Gasteiger charge is 2.09. The molecule has 0 radical (unpaired) electrons. The van der Waals surface area contributed by atoms with Crippen LogP contribution in [-0.4, -0.2) is 10.9 Å². The van der Waals surface area contributed by atoms with Gasteiger partial charge in [0.1, 0.15) is 5.82 Å². The van der Waals surface area contributed by atoms with Crippen LogP contribution in [0.1, 0.15) is 21.5 Å². The van der Waals surface area contributed by atoms with E-state index in [2.05, 4.69) is 16.4 Å². The Morgan fingerprint density at radius 3 is 2.84 bits per heavy atom. The standard InChI is InChI=1S/C14H16N4O/c1-9-3-2-4-10(5-9)7-17-12-8-18-13(15)6-11(12)14(16)19/h2-6,8,17H,7H2,1H3,(H2,15,18)(H2,16,19). The van der Waals surface area contributed by atoms with Crippen LogP contribution in [0.5, 0.6) is 0 Å². The van der Waals surface area contributed by atoms with Crippen LogP contribution >= 0.6 is 0 Å². The number of anilines is 2. The molecular formula is C14H16N4O. The van der Waals surface area contributed by atoms with Crippen molar-refractivity contribution in [3.63, 3.8) is 0 Å². The Hall–Kier alpha value is -2.56. The summed E-state index contributed by atoms with van der Waals surface area (Å²) in [5.74, 6) is -0.254. The molecule has 1 amide bonds. The molecule has 0 spiro atoms. The smallest absolute Gasteiger partial charge is 0.250 e. The van der Waals surface area contributed by atoms with Crippen LogP contribution in [0.2, 0.25) is 0 Å². The van der Waals surface area contributed by atoms with E-state index in [-0.39, 0.29) is 5.82 Å². The lowest BCUT2D eigenvalue weighted by Crippen LogP contribution is -2.15. The maximum Gasteiger partial charge on any atom is 0.250 e. The van der Waals surface area contributed by atoms with Gasteiger partial charge in [-0.05, 0) is 18.6 Å². The number of nitrogens with one attached hydrogen (secondary N) is 1. The summed E-state index contributed by atoms with van der Waals surface area (Å²) in [6.07, 6.45) is 1.52. The number of benzene rings is 1. The summed E-state index contributed by atoms with van der Waals surface area (Å²) in [6, 6.07) is 9.57. The van der Waals surface area contributed by atoms with Crippen molar-refractivity contribution in [2.75, 3.05) is 11.1 Å². The number of carbonyl (C=O) groups excluding carboxylic acids is 1. The highest BCUT2D eigenvalue weighted by atomic mass is 16.1. The van der Waals surface area contributed by atoms with Crippen LogP contribution in [0.4, 0.5) is 11.5 Å². The first-order valence-corrected chi connectivity index (χ1v) is 5.91. The van der Waals surface area contributed by atoms with E-state index in [9.17, 15) is 4.79 Å². The molecule has 0 unspecified atom stereocenters. The molecule has 0 fully saturated rings. The van der Waals surface area contributed by atoms with Gasteiger partial charge in [0.25, 0.3) is 5.91 Å². The fourth-order valence-corrected chi connectivity index (χ4v) is 1.84. The van der Waals surface area contributed by atoms with Gasteiger partial charge in [0.05, 0.1) is 17.4 Å². The van der Waals surface area contributed by atoms with Crippen molar-refractivity contribution in [3.05, 3.63) is 53.2 Å². The molecule has 2 rings (SSSR count). The summed E-state index contributed by atoms with van der Waals surface area (Å²) < 4.78 is 0. The van der Waals surface area contributed by atoms with Crippen LogP contribution in [0.3, 0.4) is 0 Å². The number of aromatic nitrogens is 1. The summed E-state index contributed by atoms with van der Waals surface area (Å²) >= 11 is 0. The van der Waals surface area contributed by atoms with Gasteiger partial charge in [-0.25, -0.2) is 4.98 Å². The van der Waals surface area contributed by atoms with Gasteiger partial charge in [-0.2, -0.15) is 0 Å². The number of nitrogen functional groups attached to an aromatic ring is 1. The van der Waals surface area contributed by atoms with Gasteiger partial charge in [0.15, 0.2) is 0 Å². The van der Waals surface area contributed by atoms with Crippen molar-refractivity contribution in [2.45, 2.75) is 13.5 Å². The van der Waals surface area contributed by atoms with Gasteiger partial charge >= 0.3 is 0 Å². The largest absolute Gasteiger partial charge is 0.384 e. The Balaban J connectivity index is 2.17. The second kappa shape index (κ2) is 5.39. The van der Waals surface area contributed by atoms with Crippen molar-refractivity contribution in [1.82, 2.24) is 4.98 Å². The maximum atomic E-state index is 11.3. The monoisotopic (exact) mass is 256 g/mol. The van der Waals surface area contributed by atoms with E-state index in [1.807, 2.05) is 25.1 Å². The lowest BCUT2D eigenvalue weighted by atomic mass is 10.1.